The van der Waals surface area contributed by atoms with Crippen molar-refractivity contribution in [2.75, 3.05) is 26.4 Å². The van der Waals surface area contributed by atoms with E-state index in [9.17, 15) is 9.59 Å². The van der Waals surface area contributed by atoms with E-state index in [0.717, 1.165) is 0 Å². The lowest BCUT2D eigenvalue weighted by Crippen LogP contribution is -2.36. The van der Waals surface area contributed by atoms with Gasteiger partial charge in [-0.05, 0) is 18.6 Å². The molecule has 0 radical (unpaired) electrons. The van der Waals surface area contributed by atoms with Gasteiger partial charge in [-0.3, -0.25) is 14.5 Å². The molecule has 0 spiro atoms. The van der Waals surface area contributed by atoms with Crippen LogP contribution in [0.3, 0.4) is 0 Å². The summed E-state index contributed by atoms with van der Waals surface area (Å²) in [6, 6.07) is 0. The lowest BCUT2D eigenvalue weighted by Gasteiger charge is -2.26. The van der Waals surface area contributed by atoms with Gasteiger partial charge in [0.05, 0.1) is 26.4 Å². The SMILES string of the molecule is CC(C)[Si](C)(C)OCCOCCN1C(=O)C=CC1=O. The van der Waals surface area contributed by atoms with E-state index in [1.165, 1.54) is 17.1 Å². The number of amides is 2. The summed E-state index contributed by atoms with van der Waals surface area (Å²) < 4.78 is 11.2. The number of hydrogen-bond acceptors (Lipinski definition) is 4. The zero-order valence-electron chi connectivity index (χ0n) is 12.1. The molecule has 1 aliphatic heterocycles. The van der Waals surface area contributed by atoms with Crippen molar-refractivity contribution in [2.45, 2.75) is 32.5 Å². The van der Waals surface area contributed by atoms with Crippen LogP contribution in [0.1, 0.15) is 13.8 Å². The Balaban J connectivity index is 2.09. The van der Waals surface area contributed by atoms with E-state index < -0.39 is 8.32 Å². The van der Waals surface area contributed by atoms with Crippen LogP contribution in [0.5, 0.6) is 0 Å². The number of nitrogens with zero attached hydrogens (tertiary/aromatic N) is 1. The van der Waals surface area contributed by atoms with Crippen LogP contribution >= 0.6 is 0 Å². The maximum Gasteiger partial charge on any atom is 0.253 e. The molecule has 0 aromatic carbocycles. The Hall–Kier alpha value is -0.983. The van der Waals surface area contributed by atoms with Crippen LogP contribution in [0.25, 0.3) is 0 Å². The number of carbonyl (C=O) groups is 2. The minimum atomic E-state index is -1.60. The monoisotopic (exact) mass is 285 g/mol. The fraction of sp³-hybridized carbons (Fsp3) is 0.692. The fourth-order valence-electron chi connectivity index (χ4n) is 1.44. The third-order valence-corrected chi connectivity index (χ3v) is 7.18. The topological polar surface area (TPSA) is 55.8 Å². The molecule has 0 unspecified atom stereocenters. The van der Waals surface area contributed by atoms with Gasteiger partial charge >= 0.3 is 0 Å². The van der Waals surface area contributed by atoms with Gasteiger partial charge in [-0.25, -0.2) is 0 Å². The average Bonchev–Trinajstić information content (AvgIpc) is 2.64. The van der Waals surface area contributed by atoms with Gasteiger partial charge in [0.2, 0.25) is 0 Å². The molecule has 1 rings (SSSR count). The van der Waals surface area contributed by atoms with E-state index in [1.807, 2.05) is 0 Å². The van der Waals surface area contributed by atoms with Crippen molar-refractivity contribution in [3.63, 3.8) is 0 Å². The highest BCUT2D eigenvalue weighted by Gasteiger charge is 2.26. The molecule has 0 saturated carbocycles. The Morgan fingerprint density at radius 2 is 1.68 bits per heavy atom. The minimum absolute atomic E-state index is 0.266. The average molecular weight is 285 g/mol. The number of hydrogen-bond donors (Lipinski definition) is 0. The third-order valence-electron chi connectivity index (χ3n) is 3.45. The minimum Gasteiger partial charge on any atom is -0.415 e. The smallest absolute Gasteiger partial charge is 0.253 e. The van der Waals surface area contributed by atoms with Gasteiger partial charge in [0.25, 0.3) is 11.8 Å². The predicted octanol–water partition coefficient (Wildman–Crippen LogP) is 1.56. The predicted molar refractivity (Wildman–Crippen MR) is 75.2 cm³/mol. The van der Waals surface area contributed by atoms with Crippen molar-refractivity contribution < 1.29 is 18.8 Å². The zero-order chi connectivity index (χ0) is 14.5. The van der Waals surface area contributed by atoms with Crippen LogP contribution in [0, 0.1) is 0 Å². The molecule has 0 aromatic heterocycles. The summed E-state index contributed by atoms with van der Waals surface area (Å²) >= 11 is 0. The van der Waals surface area contributed by atoms with Crippen molar-refractivity contribution >= 4 is 20.1 Å². The Kier molecular flexibility index (Phi) is 5.90. The summed E-state index contributed by atoms with van der Waals surface area (Å²) in [5.74, 6) is -0.531. The molecule has 0 bridgehead atoms. The highest BCUT2D eigenvalue weighted by atomic mass is 28.4. The first kappa shape index (κ1) is 16.1. The Labute approximate surface area is 115 Å². The van der Waals surface area contributed by atoms with Crippen molar-refractivity contribution in [3.05, 3.63) is 12.2 Å². The normalized spacial score (nSPS) is 15.9. The summed E-state index contributed by atoms with van der Waals surface area (Å²) in [7, 11) is -1.60. The van der Waals surface area contributed by atoms with E-state index in [2.05, 4.69) is 26.9 Å². The van der Waals surface area contributed by atoms with Gasteiger partial charge in [-0.2, -0.15) is 0 Å². The summed E-state index contributed by atoms with van der Waals surface area (Å²) in [4.78, 5) is 23.7. The fourth-order valence-corrected chi connectivity index (χ4v) is 2.38. The van der Waals surface area contributed by atoms with Crippen LogP contribution in [0.4, 0.5) is 0 Å². The second-order valence-corrected chi connectivity index (χ2v) is 10.0. The molecule has 0 atom stereocenters. The first-order valence-electron chi connectivity index (χ1n) is 6.60. The molecule has 1 heterocycles. The molecule has 0 aromatic rings. The molecule has 1 aliphatic rings. The van der Waals surface area contributed by atoms with Crippen LogP contribution in [0.2, 0.25) is 18.6 Å². The molecular weight excluding hydrogens is 262 g/mol. The van der Waals surface area contributed by atoms with E-state index >= 15 is 0 Å². The van der Waals surface area contributed by atoms with E-state index in [4.69, 9.17) is 9.16 Å². The van der Waals surface area contributed by atoms with E-state index in [1.54, 1.807) is 0 Å². The van der Waals surface area contributed by atoms with Crippen molar-refractivity contribution in [1.82, 2.24) is 4.90 Å². The summed E-state index contributed by atoms with van der Waals surface area (Å²) in [5, 5.41) is 0. The van der Waals surface area contributed by atoms with E-state index in [-0.39, 0.29) is 11.8 Å². The van der Waals surface area contributed by atoms with Gasteiger partial charge in [-0.15, -0.1) is 0 Å². The molecule has 108 valence electrons. The molecule has 0 aliphatic carbocycles. The maximum atomic E-state index is 11.3. The molecular formula is C13H23NO4Si. The highest BCUT2D eigenvalue weighted by molar-refractivity contribution is 6.72. The molecule has 5 nitrogen and oxygen atoms in total. The quantitative estimate of drug-likeness (QED) is 0.386. The van der Waals surface area contributed by atoms with Gasteiger partial charge in [-0.1, -0.05) is 13.8 Å². The first-order chi connectivity index (χ1) is 8.84. The lowest BCUT2D eigenvalue weighted by molar-refractivity contribution is -0.137. The molecule has 0 saturated heterocycles. The van der Waals surface area contributed by atoms with Crippen LogP contribution in [-0.2, 0) is 18.8 Å². The van der Waals surface area contributed by atoms with Gasteiger partial charge in [0.1, 0.15) is 0 Å². The Bertz CT molecular complexity index is 348. The molecule has 0 fully saturated rings. The molecule has 19 heavy (non-hydrogen) atoms. The van der Waals surface area contributed by atoms with Crippen LogP contribution < -0.4 is 0 Å². The van der Waals surface area contributed by atoms with Crippen LogP contribution in [0.15, 0.2) is 12.2 Å². The van der Waals surface area contributed by atoms with Gasteiger partial charge in [0.15, 0.2) is 8.32 Å². The maximum absolute atomic E-state index is 11.3. The number of carbonyl (C=O) groups excluding carboxylic acids is 2. The van der Waals surface area contributed by atoms with Crippen molar-refractivity contribution in [2.24, 2.45) is 0 Å². The number of ether oxygens (including phenoxy) is 1. The molecule has 0 N–H and O–H groups in total. The Morgan fingerprint density at radius 1 is 1.11 bits per heavy atom. The van der Waals surface area contributed by atoms with Crippen molar-refractivity contribution in [1.29, 1.82) is 0 Å². The molecule has 6 heteroatoms. The third kappa shape index (κ3) is 4.89. The highest BCUT2D eigenvalue weighted by Crippen LogP contribution is 2.20. The van der Waals surface area contributed by atoms with E-state index in [0.29, 0.717) is 31.9 Å². The van der Waals surface area contributed by atoms with Gasteiger partial charge < -0.3 is 9.16 Å². The summed E-state index contributed by atoms with van der Waals surface area (Å²) in [6.45, 7) is 10.4. The summed E-state index contributed by atoms with van der Waals surface area (Å²) in [5.41, 5.74) is 0.568. The largest absolute Gasteiger partial charge is 0.415 e. The summed E-state index contributed by atoms with van der Waals surface area (Å²) in [6.07, 6.45) is 2.56. The number of imide groups is 1. The Morgan fingerprint density at radius 3 is 2.21 bits per heavy atom. The standard InChI is InChI=1S/C13H23NO4Si/c1-11(2)19(3,4)18-10-9-17-8-7-14-12(15)5-6-13(14)16/h5-6,11H,7-10H2,1-4H3. The van der Waals surface area contributed by atoms with Crippen molar-refractivity contribution in [3.8, 4) is 0 Å². The van der Waals surface area contributed by atoms with Crippen LogP contribution in [-0.4, -0.2) is 51.4 Å². The second-order valence-electron chi connectivity index (χ2n) is 5.38. The first-order valence-corrected chi connectivity index (χ1v) is 9.58. The molecule has 2 amide bonds. The number of rotatable bonds is 8. The van der Waals surface area contributed by atoms with Gasteiger partial charge in [0, 0.05) is 12.2 Å². The zero-order valence-corrected chi connectivity index (χ0v) is 13.1. The lowest BCUT2D eigenvalue weighted by atomic mass is 10.5. The second kappa shape index (κ2) is 6.98.